The maximum absolute atomic E-state index is 12.1. The molecule has 2 aromatic carbocycles. The maximum atomic E-state index is 12.1. The molecule has 1 atom stereocenters. The fraction of sp³-hybridized carbons (Fsp3) is 0.364. The summed E-state index contributed by atoms with van der Waals surface area (Å²) in [7, 11) is 0. The first-order valence-corrected chi connectivity index (χ1v) is 9.20. The first-order chi connectivity index (χ1) is 12.5. The second kappa shape index (κ2) is 9.76. The van der Waals surface area contributed by atoms with Crippen LogP contribution in [0.5, 0.6) is 0 Å². The van der Waals surface area contributed by atoms with E-state index in [0.717, 1.165) is 5.56 Å². The highest BCUT2D eigenvalue weighted by molar-refractivity contribution is 5.94. The van der Waals surface area contributed by atoms with Gasteiger partial charge in [0.1, 0.15) is 0 Å². The molecule has 0 aromatic heterocycles. The van der Waals surface area contributed by atoms with Gasteiger partial charge >= 0.3 is 0 Å². The van der Waals surface area contributed by atoms with E-state index in [1.54, 1.807) is 12.1 Å². The predicted octanol–water partition coefficient (Wildman–Crippen LogP) is 4.20. The van der Waals surface area contributed by atoms with Crippen LogP contribution >= 0.6 is 0 Å². The highest BCUT2D eigenvalue weighted by atomic mass is 16.2. The standard InChI is InChI=1S/C22H28N2O2/c1-16(2)18-11-13-19(14-12-18)17(3)24-21(25)10-7-15-23-22(26)20-8-5-4-6-9-20/h4-6,8-9,11-14,16-17H,7,10,15H2,1-3H3,(H,23,26)(H,24,25). The summed E-state index contributed by atoms with van der Waals surface area (Å²) in [6, 6.07) is 17.4. The van der Waals surface area contributed by atoms with Crippen molar-refractivity contribution in [3.63, 3.8) is 0 Å². The summed E-state index contributed by atoms with van der Waals surface area (Å²) in [5, 5.41) is 5.85. The third-order valence-corrected chi connectivity index (χ3v) is 4.38. The third-order valence-electron chi connectivity index (χ3n) is 4.38. The molecule has 2 N–H and O–H groups in total. The van der Waals surface area contributed by atoms with Crippen molar-refractivity contribution in [3.05, 3.63) is 71.3 Å². The largest absolute Gasteiger partial charge is 0.352 e. The molecule has 0 aliphatic carbocycles. The summed E-state index contributed by atoms with van der Waals surface area (Å²) in [5.74, 6) is 0.393. The number of amides is 2. The van der Waals surface area contributed by atoms with Crippen LogP contribution in [-0.2, 0) is 4.79 Å². The van der Waals surface area contributed by atoms with Gasteiger partial charge in [-0.1, -0.05) is 56.3 Å². The zero-order valence-electron chi connectivity index (χ0n) is 15.8. The second-order valence-corrected chi connectivity index (χ2v) is 6.84. The Morgan fingerprint density at radius 3 is 2.12 bits per heavy atom. The summed E-state index contributed by atoms with van der Waals surface area (Å²) in [5.41, 5.74) is 3.02. The molecule has 4 nitrogen and oxygen atoms in total. The van der Waals surface area contributed by atoms with Gasteiger partial charge in [0.15, 0.2) is 0 Å². The van der Waals surface area contributed by atoms with E-state index in [9.17, 15) is 9.59 Å². The molecule has 0 saturated heterocycles. The third kappa shape index (κ3) is 6.03. The minimum absolute atomic E-state index is 0.000559. The molecule has 2 rings (SSSR count). The van der Waals surface area contributed by atoms with E-state index in [2.05, 4.69) is 48.7 Å². The molecular weight excluding hydrogens is 324 g/mol. The number of rotatable bonds is 8. The Labute approximate surface area is 156 Å². The summed E-state index contributed by atoms with van der Waals surface area (Å²) in [4.78, 5) is 24.0. The number of hydrogen-bond acceptors (Lipinski definition) is 2. The first-order valence-electron chi connectivity index (χ1n) is 9.20. The van der Waals surface area contributed by atoms with Crippen LogP contribution in [0.4, 0.5) is 0 Å². The Kier molecular flexibility index (Phi) is 7.39. The van der Waals surface area contributed by atoms with Crippen molar-refractivity contribution in [3.8, 4) is 0 Å². The van der Waals surface area contributed by atoms with Gasteiger partial charge in [-0.2, -0.15) is 0 Å². The van der Waals surface area contributed by atoms with Crippen LogP contribution in [0.1, 0.15) is 67.1 Å². The van der Waals surface area contributed by atoms with Crippen LogP contribution in [0, 0.1) is 0 Å². The van der Waals surface area contributed by atoms with Crippen LogP contribution in [0.15, 0.2) is 54.6 Å². The Balaban J connectivity index is 1.70. The van der Waals surface area contributed by atoms with Gasteiger partial charge in [-0.25, -0.2) is 0 Å². The van der Waals surface area contributed by atoms with Gasteiger partial charge < -0.3 is 10.6 Å². The van der Waals surface area contributed by atoms with E-state index >= 15 is 0 Å². The number of nitrogens with one attached hydrogen (secondary N) is 2. The number of carbonyl (C=O) groups excluding carboxylic acids is 2. The average Bonchev–Trinajstić information content (AvgIpc) is 2.65. The Morgan fingerprint density at radius 2 is 1.50 bits per heavy atom. The Morgan fingerprint density at radius 1 is 0.885 bits per heavy atom. The molecule has 2 aromatic rings. The monoisotopic (exact) mass is 352 g/mol. The molecule has 2 amide bonds. The van der Waals surface area contributed by atoms with Crippen molar-refractivity contribution in [2.75, 3.05) is 6.54 Å². The molecule has 0 spiro atoms. The van der Waals surface area contributed by atoms with E-state index in [1.807, 2.05) is 25.1 Å². The molecule has 0 aliphatic rings. The minimum atomic E-state index is -0.107. The van der Waals surface area contributed by atoms with Crippen molar-refractivity contribution in [2.45, 2.75) is 45.6 Å². The summed E-state index contributed by atoms with van der Waals surface area (Å²) < 4.78 is 0. The molecule has 0 fully saturated rings. The molecule has 4 heteroatoms. The molecule has 26 heavy (non-hydrogen) atoms. The SMILES string of the molecule is CC(C)c1ccc(C(C)NC(=O)CCCNC(=O)c2ccccc2)cc1. The predicted molar refractivity (Wildman–Crippen MR) is 105 cm³/mol. The van der Waals surface area contributed by atoms with Gasteiger partial charge in [0.25, 0.3) is 5.91 Å². The molecular formula is C22H28N2O2. The van der Waals surface area contributed by atoms with Gasteiger partial charge in [-0.15, -0.1) is 0 Å². The lowest BCUT2D eigenvalue weighted by Gasteiger charge is -2.15. The van der Waals surface area contributed by atoms with Crippen LogP contribution in [-0.4, -0.2) is 18.4 Å². The summed E-state index contributed by atoms with van der Waals surface area (Å²) in [6.07, 6.45) is 1.01. The quantitative estimate of drug-likeness (QED) is 0.700. The van der Waals surface area contributed by atoms with E-state index in [4.69, 9.17) is 0 Å². The first kappa shape index (κ1) is 19.7. The Hall–Kier alpha value is -2.62. The highest BCUT2D eigenvalue weighted by Gasteiger charge is 2.10. The molecule has 0 radical (unpaired) electrons. The Bertz CT molecular complexity index is 709. The fourth-order valence-corrected chi connectivity index (χ4v) is 2.71. The van der Waals surface area contributed by atoms with Crippen molar-refractivity contribution in [1.82, 2.24) is 10.6 Å². The molecule has 0 heterocycles. The van der Waals surface area contributed by atoms with E-state index < -0.39 is 0 Å². The lowest BCUT2D eigenvalue weighted by atomic mass is 9.99. The number of carbonyl (C=O) groups is 2. The van der Waals surface area contributed by atoms with Crippen LogP contribution < -0.4 is 10.6 Å². The molecule has 1 unspecified atom stereocenters. The van der Waals surface area contributed by atoms with Crippen molar-refractivity contribution in [1.29, 1.82) is 0 Å². The van der Waals surface area contributed by atoms with E-state index in [0.29, 0.717) is 30.9 Å². The van der Waals surface area contributed by atoms with Gasteiger partial charge in [0.2, 0.25) is 5.91 Å². The zero-order chi connectivity index (χ0) is 18.9. The van der Waals surface area contributed by atoms with Crippen LogP contribution in [0.25, 0.3) is 0 Å². The zero-order valence-corrected chi connectivity index (χ0v) is 15.8. The lowest BCUT2D eigenvalue weighted by Crippen LogP contribution is -2.29. The topological polar surface area (TPSA) is 58.2 Å². The minimum Gasteiger partial charge on any atom is -0.352 e. The number of benzene rings is 2. The van der Waals surface area contributed by atoms with E-state index in [-0.39, 0.29) is 17.9 Å². The molecule has 0 aliphatic heterocycles. The molecule has 0 saturated carbocycles. The lowest BCUT2D eigenvalue weighted by molar-refractivity contribution is -0.121. The van der Waals surface area contributed by atoms with Gasteiger partial charge in [0, 0.05) is 18.5 Å². The van der Waals surface area contributed by atoms with Crippen molar-refractivity contribution in [2.24, 2.45) is 0 Å². The number of hydrogen-bond donors (Lipinski definition) is 2. The average molecular weight is 352 g/mol. The van der Waals surface area contributed by atoms with Crippen molar-refractivity contribution < 1.29 is 9.59 Å². The van der Waals surface area contributed by atoms with Crippen LogP contribution in [0.3, 0.4) is 0 Å². The normalized spacial score (nSPS) is 11.8. The maximum Gasteiger partial charge on any atom is 0.251 e. The van der Waals surface area contributed by atoms with Gasteiger partial charge in [-0.3, -0.25) is 9.59 Å². The summed E-state index contributed by atoms with van der Waals surface area (Å²) in [6.45, 7) is 6.80. The second-order valence-electron chi connectivity index (χ2n) is 6.84. The van der Waals surface area contributed by atoms with Crippen molar-refractivity contribution >= 4 is 11.8 Å². The summed E-state index contributed by atoms with van der Waals surface area (Å²) >= 11 is 0. The molecule has 0 bridgehead atoms. The molecule has 138 valence electrons. The highest BCUT2D eigenvalue weighted by Crippen LogP contribution is 2.18. The smallest absolute Gasteiger partial charge is 0.251 e. The fourth-order valence-electron chi connectivity index (χ4n) is 2.71. The van der Waals surface area contributed by atoms with Gasteiger partial charge in [-0.05, 0) is 42.5 Å². The van der Waals surface area contributed by atoms with Crippen LogP contribution in [0.2, 0.25) is 0 Å². The van der Waals surface area contributed by atoms with Gasteiger partial charge in [0.05, 0.1) is 6.04 Å². The van der Waals surface area contributed by atoms with E-state index in [1.165, 1.54) is 5.56 Å².